The SMILES string of the molecule is N#Cc1ccccc1-c1ccc2c(c1)c1ccccc1n2-c1c(-c2cccc(C(F)(F)F)c2)cc(-c2nc(-c3ccccc3)cc(-c3ccccc3)n2)cc1-c1cccc(C(F)(F)F)c1. The van der Waals surface area contributed by atoms with Crippen LogP contribution >= 0.6 is 0 Å². The van der Waals surface area contributed by atoms with Gasteiger partial charge in [-0.15, -0.1) is 0 Å². The van der Waals surface area contributed by atoms with Gasteiger partial charge in [0.1, 0.15) is 0 Å². The van der Waals surface area contributed by atoms with E-state index in [-0.39, 0.29) is 28.1 Å². The summed E-state index contributed by atoms with van der Waals surface area (Å²) in [5.41, 5.74) is 5.72. The summed E-state index contributed by atoms with van der Waals surface area (Å²) in [6.45, 7) is 0. The zero-order valence-corrected chi connectivity index (χ0v) is 34.0. The van der Waals surface area contributed by atoms with Crippen molar-refractivity contribution in [1.29, 1.82) is 5.26 Å². The third kappa shape index (κ3) is 7.67. The minimum Gasteiger partial charge on any atom is -0.308 e. The van der Waals surface area contributed by atoms with Gasteiger partial charge in [-0.25, -0.2) is 9.97 Å². The standard InChI is InChI=1S/C55H32F6N4/c56-54(57,58)41-20-11-18-36(27-41)45-30-40(53-63-48(34-13-3-1-4-14-34)32-49(64-53)35-15-5-2-6-16-35)31-46(37-19-12-21-42(28-37)55(59,60)61)52(45)65-50-24-10-9-23-44(50)47-29-38(25-26-51(47)65)43-22-8-7-17-39(43)33-62/h1-32H. The van der Waals surface area contributed by atoms with Gasteiger partial charge in [0.05, 0.1) is 50.9 Å². The van der Waals surface area contributed by atoms with Gasteiger partial charge in [0.15, 0.2) is 5.82 Å². The molecular weight excluding hydrogens is 831 g/mol. The first kappa shape index (κ1) is 40.8. The molecule has 0 fully saturated rings. The maximum atomic E-state index is 14.6. The van der Waals surface area contributed by atoms with Crippen molar-refractivity contribution in [3.63, 3.8) is 0 Å². The lowest BCUT2D eigenvalue weighted by molar-refractivity contribution is -0.138. The van der Waals surface area contributed by atoms with E-state index in [1.54, 1.807) is 36.4 Å². The number of para-hydroxylation sites is 1. The van der Waals surface area contributed by atoms with Crippen LogP contribution in [0.3, 0.4) is 0 Å². The van der Waals surface area contributed by atoms with Gasteiger partial charge in [-0.2, -0.15) is 31.6 Å². The van der Waals surface area contributed by atoms with Crippen LogP contribution in [0.15, 0.2) is 194 Å². The highest BCUT2D eigenvalue weighted by Crippen LogP contribution is 2.46. The summed E-state index contributed by atoms with van der Waals surface area (Å²) < 4.78 is 89.6. The van der Waals surface area contributed by atoms with Crippen LogP contribution in [0.2, 0.25) is 0 Å². The number of benzene rings is 8. The largest absolute Gasteiger partial charge is 0.416 e. The predicted molar refractivity (Wildman–Crippen MR) is 244 cm³/mol. The molecule has 314 valence electrons. The monoisotopic (exact) mass is 862 g/mol. The number of nitriles is 1. The quantitative estimate of drug-likeness (QED) is 0.150. The number of hydrogen-bond donors (Lipinski definition) is 0. The van der Waals surface area contributed by atoms with Crippen molar-refractivity contribution in [2.75, 3.05) is 0 Å². The molecule has 0 spiro atoms. The second kappa shape index (κ2) is 16.1. The smallest absolute Gasteiger partial charge is 0.308 e. The first-order valence-corrected chi connectivity index (χ1v) is 20.5. The second-order valence-corrected chi connectivity index (χ2v) is 15.5. The molecule has 2 heterocycles. The second-order valence-electron chi connectivity index (χ2n) is 15.5. The van der Waals surface area contributed by atoms with Crippen LogP contribution in [0.25, 0.3) is 94.8 Å². The normalized spacial score (nSPS) is 11.8. The Morgan fingerprint density at radius 3 is 1.46 bits per heavy atom. The predicted octanol–water partition coefficient (Wildman–Crippen LogP) is 15.5. The summed E-state index contributed by atoms with van der Waals surface area (Å²) in [5.74, 6) is 0.209. The number of rotatable bonds is 7. The van der Waals surface area contributed by atoms with Crippen molar-refractivity contribution in [2.24, 2.45) is 0 Å². The Morgan fingerprint density at radius 2 is 0.892 bits per heavy atom. The van der Waals surface area contributed by atoms with E-state index < -0.39 is 23.5 Å². The van der Waals surface area contributed by atoms with Gasteiger partial charge < -0.3 is 4.57 Å². The zero-order chi connectivity index (χ0) is 44.9. The Labute approximate surface area is 369 Å². The summed E-state index contributed by atoms with van der Waals surface area (Å²) in [5, 5.41) is 11.5. The molecule has 0 bridgehead atoms. The molecule has 65 heavy (non-hydrogen) atoms. The number of halogens is 6. The van der Waals surface area contributed by atoms with Gasteiger partial charge in [0.25, 0.3) is 0 Å². The lowest BCUT2D eigenvalue weighted by atomic mass is 9.91. The lowest BCUT2D eigenvalue weighted by Gasteiger charge is -2.22. The van der Waals surface area contributed by atoms with Gasteiger partial charge in [0, 0.05) is 38.6 Å². The van der Waals surface area contributed by atoms with Crippen LogP contribution in [0.5, 0.6) is 0 Å². The molecule has 0 aliphatic carbocycles. The fraction of sp³-hybridized carbons (Fsp3) is 0.0364. The van der Waals surface area contributed by atoms with Gasteiger partial charge in [-0.3, -0.25) is 0 Å². The van der Waals surface area contributed by atoms with E-state index in [9.17, 15) is 31.6 Å². The van der Waals surface area contributed by atoms with Crippen molar-refractivity contribution in [3.8, 4) is 79.0 Å². The molecule has 0 aliphatic heterocycles. The van der Waals surface area contributed by atoms with Crippen molar-refractivity contribution < 1.29 is 26.3 Å². The van der Waals surface area contributed by atoms with Gasteiger partial charge in [-0.1, -0.05) is 127 Å². The summed E-state index contributed by atoms with van der Waals surface area (Å²) in [7, 11) is 0. The topological polar surface area (TPSA) is 54.5 Å². The number of hydrogen-bond acceptors (Lipinski definition) is 3. The summed E-state index contributed by atoms with van der Waals surface area (Å²) in [4.78, 5) is 10.1. The van der Waals surface area contributed by atoms with Crippen molar-refractivity contribution >= 4 is 21.8 Å². The minimum absolute atomic E-state index is 0.165. The Kier molecular flexibility index (Phi) is 10.1. The van der Waals surface area contributed by atoms with E-state index in [0.717, 1.165) is 51.7 Å². The van der Waals surface area contributed by atoms with Crippen molar-refractivity contribution in [2.45, 2.75) is 12.4 Å². The molecule has 10 rings (SSSR count). The van der Waals surface area contributed by atoms with E-state index in [2.05, 4.69) is 6.07 Å². The fourth-order valence-corrected chi connectivity index (χ4v) is 8.47. The summed E-state index contributed by atoms with van der Waals surface area (Å²) in [6, 6.07) is 56.7. The Hall–Kier alpha value is -8.29. The highest BCUT2D eigenvalue weighted by molar-refractivity contribution is 6.12. The summed E-state index contributed by atoms with van der Waals surface area (Å²) >= 11 is 0. The average Bonchev–Trinajstić information content (AvgIpc) is 3.66. The molecule has 2 aromatic heterocycles. The van der Waals surface area contributed by atoms with Gasteiger partial charge in [-0.05, 0) is 89.0 Å². The molecule has 0 atom stereocenters. The first-order chi connectivity index (χ1) is 31.4. The van der Waals surface area contributed by atoms with Gasteiger partial charge in [0.2, 0.25) is 0 Å². The number of fused-ring (bicyclic) bond motifs is 3. The van der Waals surface area contributed by atoms with E-state index in [1.165, 1.54) is 12.1 Å². The maximum absolute atomic E-state index is 14.6. The molecule has 10 aromatic rings. The zero-order valence-electron chi connectivity index (χ0n) is 34.0. The van der Waals surface area contributed by atoms with Crippen LogP contribution < -0.4 is 0 Å². The maximum Gasteiger partial charge on any atom is 0.416 e. The molecule has 0 amide bonds. The molecule has 0 radical (unpaired) electrons. The van der Waals surface area contributed by atoms with Crippen LogP contribution in [0, 0.1) is 11.3 Å². The number of aromatic nitrogens is 3. The lowest BCUT2D eigenvalue weighted by Crippen LogP contribution is -2.07. The molecule has 0 N–H and O–H groups in total. The fourth-order valence-electron chi connectivity index (χ4n) is 8.47. The highest BCUT2D eigenvalue weighted by Gasteiger charge is 2.33. The Bertz CT molecular complexity index is 3340. The van der Waals surface area contributed by atoms with E-state index in [0.29, 0.717) is 44.8 Å². The third-order valence-corrected chi connectivity index (χ3v) is 11.5. The number of nitrogens with zero attached hydrogens (tertiary/aromatic N) is 4. The Balaban J connectivity index is 1.35. The third-order valence-electron chi connectivity index (χ3n) is 11.5. The van der Waals surface area contributed by atoms with Crippen molar-refractivity contribution in [3.05, 3.63) is 211 Å². The highest BCUT2D eigenvalue weighted by atomic mass is 19.4. The molecule has 4 nitrogen and oxygen atoms in total. The molecule has 0 saturated heterocycles. The van der Waals surface area contributed by atoms with Crippen molar-refractivity contribution in [1.82, 2.24) is 14.5 Å². The number of alkyl halides is 6. The molecule has 0 saturated carbocycles. The molecule has 8 aromatic carbocycles. The van der Waals surface area contributed by atoms with Gasteiger partial charge >= 0.3 is 12.4 Å². The molecular formula is C55H32F6N4. The average molecular weight is 863 g/mol. The van der Waals surface area contributed by atoms with Crippen LogP contribution in [0.4, 0.5) is 26.3 Å². The van der Waals surface area contributed by atoms with E-state index in [4.69, 9.17) is 9.97 Å². The van der Waals surface area contributed by atoms with E-state index >= 15 is 0 Å². The van der Waals surface area contributed by atoms with E-state index in [1.807, 2.05) is 126 Å². The Morgan fingerprint density at radius 1 is 0.400 bits per heavy atom. The van der Waals surface area contributed by atoms with Crippen LogP contribution in [0.1, 0.15) is 16.7 Å². The first-order valence-electron chi connectivity index (χ1n) is 20.5. The molecule has 0 unspecified atom stereocenters. The molecule has 0 aliphatic rings. The molecule has 10 heteroatoms. The van der Waals surface area contributed by atoms with Crippen LogP contribution in [-0.2, 0) is 12.4 Å². The van der Waals surface area contributed by atoms with Crippen LogP contribution in [-0.4, -0.2) is 14.5 Å². The minimum atomic E-state index is -4.71. The summed E-state index contributed by atoms with van der Waals surface area (Å²) in [6.07, 6.45) is -9.42.